The molecule has 0 amide bonds. The van der Waals surface area contributed by atoms with E-state index in [1.54, 1.807) is 24.3 Å². The Kier molecular flexibility index (Phi) is 6.23. The molecular formula is C18H22O5S. The molecule has 0 aliphatic heterocycles. The SMILES string of the molecule is CCCCCCc1cccc(Oc2ccccc2O)c1S(=O)(=O)O. The fraction of sp³-hybridized carbons (Fsp3) is 0.333. The molecule has 2 aromatic carbocycles. The molecule has 24 heavy (non-hydrogen) atoms. The van der Waals surface area contributed by atoms with Gasteiger partial charge in [0.25, 0.3) is 10.1 Å². The van der Waals surface area contributed by atoms with E-state index in [0.717, 1.165) is 25.7 Å². The number of unbranched alkanes of at least 4 members (excludes halogenated alkanes) is 3. The first-order valence-electron chi connectivity index (χ1n) is 7.98. The van der Waals surface area contributed by atoms with Gasteiger partial charge in [0.2, 0.25) is 0 Å². The second-order valence-electron chi connectivity index (χ2n) is 5.60. The van der Waals surface area contributed by atoms with Crippen LogP contribution in [0.1, 0.15) is 38.2 Å². The highest BCUT2D eigenvalue weighted by Crippen LogP contribution is 2.35. The number of aryl methyl sites for hydroxylation is 1. The summed E-state index contributed by atoms with van der Waals surface area (Å²) in [5, 5.41) is 9.80. The molecular weight excluding hydrogens is 328 g/mol. The van der Waals surface area contributed by atoms with E-state index in [1.165, 1.54) is 18.2 Å². The Hall–Kier alpha value is -2.05. The Morgan fingerprint density at radius 2 is 1.67 bits per heavy atom. The molecule has 130 valence electrons. The fourth-order valence-electron chi connectivity index (χ4n) is 2.54. The van der Waals surface area contributed by atoms with Gasteiger partial charge in [0.1, 0.15) is 10.6 Å². The molecule has 0 saturated carbocycles. The Balaban J connectivity index is 2.35. The van der Waals surface area contributed by atoms with Gasteiger partial charge < -0.3 is 9.84 Å². The van der Waals surface area contributed by atoms with Crippen LogP contribution in [0.15, 0.2) is 47.4 Å². The number of benzene rings is 2. The minimum atomic E-state index is -4.45. The third-order valence-electron chi connectivity index (χ3n) is 3.70. The molecule has 0 heterocycles. The normalized spacial score (nSPS) is 11.4. The van der Waals surface area contributed by atoms with E-state index >= 15 is 0 Å². The van der Waals surface area contributed by atoms with Crippen LogP contribution in [0.4, 0.5) is 0 Å². The van der Waals surface area contributed by atoms with Gasteiger partial charge in [0.15, 0.2) is 11.5 Å². The van der Waals surface area contributed by atoms with Gasteiger partial charge >= 0.3 is 0 Å². The van der Waals surface area contributed by atoms with Crippen LogP contribution >= 0.6 is 0 Å². The first-order valence-corrected chi connectivity index (χ1v) is 9.42. The van der Waals surface area contributed by atoms with Gasteiger partial charge in [-0.1, -0.05) is 50.5 Å². The van der Waals surface area contributed by atoms with Gasteiger partial charge in [-0.2, -0.15) is 8.42 Å². The first kappa shape index (κ1) is 18.3. The van der Waals surface area contributed by atoms with Gasteiger partial charge in [-0.25, -0.2) is 0 Å². The van der Waals surface area contributed by atoms with Crippen molar-refractivity contribution in [3.8, 4) is 17.2 Å². The van der Waals surface area contributed by atoms with E-state index in [2.05, 4.69) is 6.92 Å². The van der Waals surface area contributed by atoms with E-state index in [0.29, 0.717) is 12.0 Å². The number of aromatic hydroxyl groups is 1. The van der Waals surface area contributed by atoms with Gasteiger partial charge in [-0.15, -0.1) is 0 Å². The van der Waals surface area contributed by atoms with Crippen LogP contribution in [0.3, 0.4) is 0 Å². The van der Waals surface area contributed by atoms with Crippen molar-refractivity contribution in [2.24, 2.45) is 0 Å². The maximum Gasteiger partial charge on any atom is 0.298 e. The van der Waals surface area contributed by atoms with Crippen molar-refractivity contribution in [3.05, 3.63) is 48.0 Å². The number of hydrogen-bond acceptors (Lipinski definition) is 4. The second-order valence-corrected chi connectivity index (χ2v) is 6.96. The van der Waals surface area contributed by atoms with Crippen LogP contribution in [-0.4, -0.2) is 18.1 Å². The quantitative estimate of drug-likeness (QED) is 0.539. The van der Waals surface area contributed by atoms with Crippen LogP contribution in [0.5, 0.6) is 17.2 Å². The molecule has 0 saturated heterocycles. The zero-order valence-electron chi connectivity index (χ0n) is 13.6. The van der Waals surface area contributed by atoms with Crippen LogP contribution in [0, 0.1) is 0 Å². The Morgan fingerprint density at radius 3 is 2.33 bits per heavy atom. The highest BCUT2D eigenvalue weighted by atomic mass is 32.2. The van der Waals surface area contributed by atoms with Crippen LogP contribution in [0.2, 0.25) is 0 Å². The number of ether oxygens (including phenoxy) is 1. The summed E-state index contributed by atoms with van der Waals surface area (Å²) in [5.41, 5.74) is 0.515. The summed E-state index contributed by atoms with van der Waals surface area (Å²) in [4.78, 5) is -0.232. The van der Waals surface area contributed by atoms with Crippen molar-refractivity contribution >= 4 is 10.1 Å². The van der Waals surface area contributed by atoms with E-state index in [1.807, 2.05) is 0 Å². The molecule has 0 radical (unpaired) electrons. The maximum atomic E-state index is 11.9. The van der Waals surface area contributed by atoms with Crippen molar-refractivity contribution < 1.29 is 22.8 Å². The molecule has 0 spiro atoms. The minimum absolute atomic E-state index is 0.00647. The zero-order valence-corrected chi connectivity index (χ0v) is 14.4. The molecule has 0 bridgehead atoms. The summed E-state index contributed by atoms with van der Waals surface area (Å²) >= 11 is 0. The molecule has 0 aliphatic rings. The molecule has 2 aromatic rings. The summed E-state index contributed by atoms with van der Waals surface area (Å²) < 4.78 is 38.9. The van der Waals surface area contributed by atoms with E-state index in [9.17, 15) is 18.1 Å². The van der Waals surface area contributed by atoms with Gasteiger partial charge in [-0.3, -0.25) is 4.55 Å². The zero-order chi connectivity index (χ0) is 17.6. The van der Waals surface area contributed by atoms with E-state index in [-0.39, 0.29) is 22.1 Å². The average Bonchev–Trinajstić information content (AvgIpc) is 2.53. The van der Waals surface area contributed by atoms with Gasteiger partial charge in [0, 0.05) is 0 Å². The number of hydrogen-bond donors (Lipinski definition) is 2. The Labute approximate surface area is 142 Å². The van der Waals surface area contributed by atoms with Crippen LogP contribution in [0.25, 0.3) is 0 Å². The summed E-state index contributed by atoms with van der Waals surface area (Å²) in [5.74, 6) is 0.0321. The maximum absolute atomic E-state index is 11.9. The molecule has 0 aliphatic carbocycles. The highest BCUT2D eigenvalue weighted by Gasteiger charge is 2.22. The molecule has 5 nitrogen and oxygen atoms in total. The fourth-order valence-corrected chi connectivity index (χ4v) is 3.40. The van der Waals surface area contributed by atoms with E-state index in [4.69, 9.17) is 4.74 Å². The second kappa shape index (κ2) is 8.17. The monoisotopic (exact) mass is 350 g/mol. The van der Waals surface area contributed by atoms with Gasteiger partial charge in [0.05, 0.1) is 0 Å². The largest absolute Gasteiger partial charge is 0.504 e. The van der Waals surface area contributed by atoms with E-state index < -0.39 is 10.1 Å². The predicted octanol–water partition coefficient (Wildman–Crippen LogP) is 4.55. The standard InChI is InChI=1S/C18H22O5S/c1-2-3-4-5-9-14-10-8-13-17(18(14)24(20,21)22)23-16-12-7-6-11-15(16)19/h6-8,10-13,19H,2-5,9H2,1H3,(H,20,21,22). The lowest BCUT2D eigenvalue weighted by atomic mass is 10.1. The minimum Gasteiger partial charge on any atom is -0.504 e. The number of para-hydroxylation sites is 2. The molecule has 2 rings (SSSR count). The first-order chi connectivity index (χ1) is 11.4. The van der Waals surface area contributed by atoms with Crippen molar-refractivity contribution in [3.63, 3.8) is 0 Å². The lowest BCUT2D eigenvalue weighted by molar-refractivity contribution is 0.401. The molecule has 0 aromatic heterocycles. The summed E-state index contributed by atoms with van der Waals surface area (Å²) in [6.07, 6.45) is 4.52. The molecule has 0 fully saturated rings. The Morgan fingerprint density at radius 1 is 0.958 bits per heavy atom. The number of phenolic OH excluding ortho intramolecular Hbond substituents is 1. The van der Waals surface area contributed by atoms with Crippen molar-refractivity contribution in [2.75, 3.05) is 0 Å². The third-order valence-corrected chi connectivity index (χ3v) is 4.68. The molecule has 2 N–H and O–H groups in total. The van der Waals surface area contributed by atoms with Crippen LogP contribution < -0.4 is 4.74 Å². The number of phenols is 1. The van der Waals surface area contributed by atoms with Crippen molar-refractivity contribution in [2.45, 2.75) is 43.9 Å². The third kappa shape index (κ3) is 4.72. The van der Waals surface area contributed by atoms with Crippen molar-refractivity contribution in [1.82, 2.24) is 0 Å². The summed E-state index contributed by atoms with van der Waals surface area (Å²) in [7, 11) is -4.45. The summed E-state index contributed by atoms with van der Waals surface area (Å²) in [6, 6.07) is 11.1. The molecule has 0 unspecified atom stereocenters. The van der Waals surface area contributed by atoms with Gasteiger partial charge in [-0.05, 0) is 36.6 Å². The summed E-state index contributed by atoms with van der Waals surface area (Å²) in [6.45, 7) is 2.10. The Bertz CT molecular complexity index is 784. The van der Waals surface area contributed by atoms with Crippen LogP contribution in [-0.2, 0) is 16.5 Å². The molecule has 6 heteroatoms. The lowest BCUT2D eigenvalue weighted by Gasteiger charge is -2.14. The van der Waals surface area contributed by atoms with Crippen molar-refractivity contribution in [1.29, 1.82) is 0 Å². The molecule has 0 atom stereocenters. The number of rotatable bonds is 8. The average molecular weight is 350 g/mol. The highest BCUT2D eigenvalue weighted by molar-refractivity contribution is 7.86. The predicted molar refractivity (Wildman–Crippen MR) is 92.3 cm³/mol. The lowest BCUT2D eigenvalue weighted by Crippen LogP contribution is -2.06. The topological polar surface area (TPSA) is 83.8 Å². The smallest absolute Gasteiger partial charge is 0.298 e.